The van der Waals surface area contributed by atoms with Crippen molar-refractivity contribution < 1.29 is 18.6 Å². The van der Waals surface area contributed by atoms with Crippen LogP contribution in [0.15, 0.2) is 63.6 Å². The number of fused-ring (bicyclic) bond motifs is 1. The largest absolute Gasteiger partial charge is 0.360 e. The van der Waals surface area contributed by atoms with Crippen LogP contribution < -0.4 is 10.6 Å². The number of aryl methyl sites for hydroxylation is 1. The Kier molecular flexibility index (Phi) is 5.74. The highest BCUT2D eigenvalue weighted by atomic mass is 35.5. The van der Waals surface area contributed by atoms with Crippen LogP contribution in [0.2, 0.25) is 5.02 Å². The lowest BCUT2D eigenvalue weighted by atomic mass is 10.1. The highest BCUT2D eigenvalue weighted by molar-refractivity contribution is 6.38. The van der Waals surface area contributed by atoms with Gasteiger partial charge in [-0.1, -0.05) is 52.2 Å². The summed E-state index contributed by atoms with van der Waals surface area (Å²) in [6.07, 6.45) is 3.27. The molecule has 5 aromatic rings. The van der Waals surface area contributed by atoms with Gasteiger partial charge in [-0.2, -0.15) is 4.98 Å². The van der Waals surface area contributed by atoms with Crippen LogP contribution in [-0.4, -0.2) is 37.2 Å². The minimum atomic E-state index is -0.909. The smallest absolute Gasteiger partial charge is 0.274 e. The molecule has 2 aromatic carbocycles. The minimum absolute atomic E-state index is 0.213. The van der Waals surface area contributed by atoms with Gasteiger partial charge in [-0.15, -0.1) is 0 Å². The van der Waals surface area contributed by atoms with Gasteiger partial charge in [-0.25, -0.2) is 0 Å². The van der Waals surface area contributed by atoms with E-state index < -0.39 is 11.4 Å². The minimum Gasteiger partial charge on any atom is -0.360 e. The van der Waals surface area contributed by atoms with Crippen LogP contribution in [0.3, 0.4) is 0 Å². The maximum atomic E-state index is 13.0. The number of hydrogen-bond donors (Lipinski definition) is 2. The predicted molar refractivity (Wildman–Crippen MR) is 146 cm³/mol. The third-order valence-corrected chi connectivity index (χ3v) is 7.86. The van der Waals surface area contributed by atoms with Gasteiger partial charge < -0.3 is 24.2 Å². The van der Waals surface area contributed by atoms with Crippen LogP contribution in [0.25, 0.3) is 28.1 Å². The van der Waals surface area contributed by atoms with E-state index in [-0.39, 0.29) is 11.6 Å². The van der Waals surface area contributed by atoms with Crippen LogP contribution in [0.4, 0.5) is 0 Å². The number of amides is 2. The van der Waals surface area contributed by atoms with E-state index in [1.807, 2.05) is 53.1 Å². The molecule has 0 spiro atoms. The molecule has 40 heavy (non-hydrogen) atoms. The molecule has 2 aliphatic rings. The Morgan fingerprint density at radius 1 is 1.07 bits per heavy atom. The van der Waals surface area contributed by atoms with Crippen molar-refractivity contribution in [3.05, 3.63) is 82.5 Å². The standard InChI is InChI=1S/C29H25ClN6O4/c1-16-32-26(35-39-16)25-24(30)20-4-2-3-5-22(20)36(25)19-10-6-17(7-11-19)15-31-28(38)29(12-13-29)33-27(37)21-14-23(40-34-21)18-8-9-18/h2-7,10-11,14,18H,8-9,12-13,15H2,1H3,(H,31,38)(H,33,37). The summed E-state index contributed by atoms with van der Waals surface area (Å²) in [6.45, 7) is 2.05. The molecular weight excluding hydrogens is 532 g/mol. The van der Waals surface area contributed by atoms with E-state index in [1.54, 1.807) is 13.0 Å². The van der Waals surface area contributed by atoms with Crippen molar-refractivity contribution >= 4 is 34.3 Å². The highest BCUT2D eigenvalue weighted by Crippen LogP contribution is 2.41. The Morgan fingerprint density at radius 2 is 1.85 bits per heavy atom. The van der Waals surface area contributed by atoms with Crippen molar-refractivity contribution in [2.45, 2.75) is 50.6 Å². The second-order valence-electron chi connectivity index (χ2n) is 10.4. The van der Waals surface area contributed by atoms with Gasteiger partial charge in [0.05, 0.1) is 10.5 Å². The van der Waals surface area contributed by atoms with E-state index in [0.717, 1.165) is 40.8 Å². The number of nitrogens with one attached hydrogen (secondary N) is 2. The molecule has 2 N–H and O–H groups in total. The van der Waals surface area contributed by atoms with Crippen molar-refractivity contribution in [1.82, 2.24) is 30.5 Å². The molecule has 0 unspecified atom stereocenters. The molecule has 7 rings (SSSR count). The summed E-state index contributed by atoms with van der Waals surface area (Å²) in [5.41, 5.74) is 2.62. The number of aromatic nitrogens is 4. The predicted octanol–water partition coefficient (Wildman–Crippen LogP) is 5.09. The molecule has 0 radical (unpaired) electrons. The fourth-order valence-corrected chi connectivity index (χ4v) is 5.28. The van der Waals surface area contributed by atoms with Crippen LogP contribution >= 0.6 is 11.6 Å². The first-order chi connectivity index (χ1) is 19.4. The quantitative estimate of drug-likeness (QED) is 0.272. The van der Waals surface area contributed by atoms with E-state index in [2.05, 4.69) is 25.9 Å². The molecule has 3 aromatic heterocycles. The summed E-state index contributed by atoms with van der Waals surface area (Å²) in [7, 11) is 0. The monoisotopic (exact) mass is 556 g/mol. The van der Waals surface area contributed by atoms with Gasteiger partial charge >= 0.3 is 0 Å². The molecule has 202 valence electrons. The number of para-hydroxylation sites is 1. The molecule has 0 saturated heterocycles. The lowest BCUT2D eigenvalue weighted by Gasteiger charge is -2.17. The van der Waals surface area contributed by atoms with E-state index in [9.17, 15) is 9.59 Å². The molecule has 2 amide bonds. The summed E-state index contributed by atoms with van der Waals surface area (Å²) in [5, 5.41) is 15.2. The molecule has 0 aliphatic heterocycles. The SMILES string of the molecule is Cc1nc(-c2c(Cl)c3ccccc3n2-c2ccc(CNC(=O)C3(NC(=O)c4cc(C5CC5)on4)CC3)cc2)no1. The Hall–Kier alpha value is -4.44. The van der Waals surface area contributed by atoms with E-state index >= 15 is 0 Å². The number of nitrogens with zero attached hydrogens (tertiary/aromatic N) is 4. The summed E-state index contributed by atoms with van der Waals surface area (Å²) in [6, 6.07) is 17.3. The Labute approximate surface area is 233 Å². The van der Waals surface area contributed by atoms with Crippen molar-refractivity contribution in [2.24, 2.45) is 0 Å². The van der Waals surface area contributed by atoms with Gasteiger partial charge in [0, 0.05) is 36.5 Å². The lowest BCUT2D eigenvalue weighted by Crippen LogP contribution is -2.48. The van der Waals surface area contributed by atoms with Gasteiger partial charge in [-0.3, -0.25) is 9.59 Å². The number of rotatable bonds is 8. The maximum absolute atomic E-state index is 13.0. The third-order valence-electron chi connectivity index (χ3n) is 7.48. The lowest BCUT2D eigenvalue weighted by molar-refractivity contribution is -0.124. The van der Waals surface area contributed by atoms with Gasteiger partial charge in [0.1, 0.15) is 17.0 Å². The molecular formula is C29H25ClN6O4. The molecule has 0 atom stereocenters. The van der Waals surface area contributed by atoms with Crippen molar-refractivity contribution in [3.63, 3.8) is 0 Å². The zero-order valence-corrected chi connectivity index (χ0v) is 22.4. The summed E-state index contributed by atoms with van der Waals surface area (Å²) in [4.78, 5) is 30.1. The van der Waals surface area contributed by atoms with Crippen LogP contribution in [-0.2, 0) is 11.3 Å². The zero-order valence-electron chi connectivity index (χ0n) is 21.6. The molecule has 11 heteroatoms. The van der Waals surface area contributed by atoms with Crippen molar-refractivity contribution in [3.8, 4) is 17.2 Å². The molecule has 0 bridgehead atoms. The fourth-order valence-electron chi connectivity index (χ4n) is 4.95. The fraction of sp³-hybridized carbons (Fsp3) is 0.276. The topological polar surface area (TPSA) is 128 Å². The Morgan fingerprint density at radius 3 is 2.55 bits per heavy atom. The van der Waals surface area contributed by atoms with Crippen LogP contribution in [0, 0.1) is 6.92 Å². The zero-order chi connectivity index (χ0) is 27.4. The maximum Gasteiger partial charge on any atom is 0.274 e. The first-order valence-corrected chi connectivity index (χ1v) is 13.6. The van der Waals surface area contributed by atoms with E-state index in [1.165, 1.54) is 0 Å². The first kappa shape index (κ1) is 24.6. The summed E-state index contributed by atoms with van der Waals surface area (Å²) >= 11 is 6.78. The first-order valence-electron chi connectivity index (χ1n) is 13.2. The van der Waals surface area contributed by atoms with Gasteiger partial charge in [0.25, 0.3) is 5.91 Å². The van der Waals surface area contributed by atoms with E-state index in [4.69, 9.17) is 20.6 Å². The average molecular weight is 557 g/mol. The second kappa shape index (κ2) is 9.34. The molecule has 2 aliphatic carbocycles. The number of halogens is 1. The number of hydrogen-bond acceptors (Lipinski definition) is 7. The Bertz CT molecular complexity index is 1760. The van der Waals surface area contributed by atoms with Gasteiger partial charge in [0.15, 0.2) is 5.69 Å². The van der Waals surface area contributed by atoms with Crippen LogP contribution in [0.5, 0.6) is 0 Å². The van der Waals surface area contributed by atoms with Gasteiger partial charge in [-0.05, 0) is 49.4 Å². The van der Waals surface area contributed by atoms with Gasteiger partial charge in [0.2, 0.25) is 17.6 Å². The Balaban J connectivity index is 1.07. The number of carbonyl (C=O) groups is 2. The molecule has 2 saturated carbocycles. The number of carbonyl (C=O) groups excluding carboxylic acids is 2. The summed E-state index contributed by atoms with van der Waals surface area (Å²) < 4.78 is 12.5. The third kappa shape index (κ3) is 4.34. The highest BCUT2D eigenvalue weighted by Gasteiger charge is 2.51. The van der Waals surface area contributed by atoms with E-state index in [0.29, 0.717) is 47.7 Å². The molecule has 3 heterocycles. The molecule has 2 fully saturated rings. The van der Waals surface area contributed by atoms with Crippen LogP contribution in [0.1, 0.15) is 59.3 Å². The molecule has 10 nitrogen and oxygen atoms in total. The summed E-state index contributed by atoms with van der Waals surface area (Å²) in [5.74, 6) is 1.34. The van der Waals surface area contributed by atoms with Crippen molar-refractivity contribution in [2.75, 3.05) is 0 Å². The second-order valence-corrected chi connectivity index (χ2v) is 10.8. The number of benzene rings is 2. The van der Waals surface area contributed by atoms with Crippen molar-refractivity contribution in [1.29, 1.82) is 0 Å². The average Bonchev–Trinajstić information content (AvgIpc) is 3.84. The normalized spacial score (nSPS) is 15.8.